The lowest BCUT2D eigenvalue weighted by atomic mass is 10.1. The first-order chi connectivity index (χ1) is 13.7. The van der Waals surface area contributed by atoms with E-state index in [-0.39, 0.29) is 0 Å². The minimum Gasteiger partial charge on any atom is -0.372 e. The zero-order valence-corrected chi connectivity index (χ0v) is 17.6. The van der Waals surface area contributed by atoms with E-state index in [9.17, 15) is 14.0 Å². The third-order valence-corrected chi connectivity index (χ3v) is 5.54. The van der Waals surface area contributed by atoms with Crippen molar-refractivity contribution in [3.05, 3.63) is 54.1 Å². The zero-order chi connectivity index (χ0) is 21.2. The van der Waals surface area contributed by atoms with E-state index in [4.69, 9.17) is 4.39 Å². The van der Waals surface area contributed by atoms with Crippen LogP contribution in [0.5, 0.6) is 0 Å². The Morgan fingerprint density at radius 2 is 1.69 bits per heavy atom. The highest BCUT2D eigenvalue weighted by atomic mass is 35.7. The quantitative estimate of drug-likeness (QED) is 0.485. The van der Waals surface area contributed by atoms with E-state index in [1.807, 2.05) is 30.3 Å². The molecule has 2 unspecified atom stereocenters. The summed E-state index contributed by atoms with van der Waals surface area (Å²) in [6.45, 7) is 6.03. The number of halogens is 1. The average Bonchev–Trinajstić information content (AvgIpc) is 2.88. The van der Waals surface area contributed by atoms with E-state index in [0.29, 0.717) is 16.9 Å². The number of quaternary nitrogens is 1. The van der Waals surface area contributed by atoms with Gasteiger partial charge in [0.25, 0.3) is 4.39 Å². The summed E-state index contributed by atoms with van der Waals surface area (Å²) in [5, 5.41) is 10.2. The van der Waals surface area contributed by atoms with Crippen molar-refractivity contribution in [2.75, 3.05) is 32.1 Å². The van der Waals surface area contributed by atoms with Crippen molar-refractivity contribution in [2.45, 2.75) is 20.0 Å². The van der Waals surface area contributed by atoms with Gasteiger partial charge in [-0.25, -0.2) is 0 Å². The Bertz CT molecular complexity index is 870. The van der Waals surface area contributed by atoms with Gasteiger partial charge < -0.3 is 4.90 Å². The Morgan fingerprint density at radius 1 is 1.07 bits per heavy atom. The largest absolute Gasteiger partial charge is 0.372 e. The molecule has 2 aromatic carbocycles. The maximum Gasteiger partial charge on any atom is 0.295 e. The van der Waals surface area contributed by atoms with E-state index in [1.54, 1.807) is 25.2 Å². The molecule has 2 aromatic rings. The Labute approximate surface area is 172 Å². The molecule has 1 aliphatic heterocycles. The van der Waals surface area contributed by atoms with Gasteiger partial charge in [-0.3, -0.25) is 0 Å². The zero-order valence-electron chi connectivity index (χ0n) is 16.9. The second-order valence-electron chi connectivity index (χ2n) is 6.74. The van der Waals surface area contributed by atoms with Gasteiger partial charge in [0.2, 0.25) is 11.9 Å². The van der Waals surface area contributed by atoms with Crippen LogP contribution in [0.3, 0.4) is 0 Å². The highest BCUT2D eigenvalue weighted by Gasteiger charge is 2.58. The molecular weight excluding hydrogens is 398 g/mol. The molecule has 3 rings (SSSR count). The summed E-state index contributed by atoms with van der Waals surface area (Å²) >= 11 is 0. The molecule has 1 heterocycles. The van der Waals surface area contributed by atoms with Crippen LogP contribution in [0.2, 0.25) is 0 Å². The number of hydrogen-bond acceptors (Lipinski definition) is 8. The molecule has 0 N–H and O–H groups in total. The number of benzene rings is 2. The van der Waals surface area contributed by atoms with Crippen molar-refractivity contribution in [3.63, 3.8) is 0 Å². The van der Waals surface area contributed by atoms with Gasteiger partial charge in [-0.05, 0) is 44.2 Å². The number of fused-ring (bicyclic) bond motifs is 1. The van der Waals surface area contributed by atoms with Gasteiger partial charge in [-0.2, -0.15) is 24.2 Å². The predicted octanol–water partition coefficient (Wildman–Crippen LogP) is 0.942. The summed E-state index contributed by atoms with van der Waals surface area (Å²) in [5.74, 6) is 0. The molecule has 2 atom stereocenters. The van der Waals surface area contributed by atoms with Gasteiger partial charge in [0.1, 0.15) is 17.3 Å². The number of azo groups is 1. The van der Waals surface area contributed by atoms with Crippen LogP contribution in [0.4, 0.5) is 17.1 Å². The van der Waals surface area contributed by atoms with Gasteiger partial charge in [-0.1, -0.05) is 17.1 Å². The molecule has 0 aliphatic carbocycles. The van der Waals surface area contributed by atoms with Crippen molar-refractivity contribution in [1.29, 1.82) is 0 Å². The summed E-state index contributed by atoms with van der Waals surface area (Å²) in [6.07, 6.45) is -0.615. The molecule has 0 bridgehead atoms. The normalized spacial score (nSPS) is 22.2. The summed E-state index contributed by atoms with van der Waals surface area (Å²) in [6, 6.07) is 14.8. The molecule has 9 nitrogen and oxygen atoms in total. The fraction of sp³-hybridized carbons (Fsp3) is 0.368. The maximum atomic E-state index is 11.3. The molecule has 0 spiro atoms. The Balaban J connectivity index is 1.87. The first-order valence-corrected chi connectivity index (χ1v) is 10.5. The lowest BCUT2D eigenvalue weighted by Crippen LogP contribution is -2.69. The molecule has 0 fully saturated rings. The molecule has 0 amide bonds. The van der Waals surface area contributed by atoms with Crippen LogP contribution in [-0.4, -0.2) is 32.2 Å². The molecule has 0 saturated heterocycles. The van der Waals surface area contributed by atoms with Gasteiger partial charge in [0.05, 0.1) is 16.0 Å². The Morgan fingerprint density at radius 3 is 2.28 bits per heavy atom. The summed E-state index contributed by atoms with van der Waals surface area (Å²) < 4.78 is 37.9. The molecule has 0 aromatic heterocycles. The number of hydroxylamine groups is 1. The van der Waals surface area contributed by atoms with E-state index >= 15 is 0 Å². The summed E-state index contributed by atoms with van der Waals surface area (Å²) in [7, 11) is -1.56. The lowest BCUT2D eigenvalue weighted by molar-refractivity contribution is -1.92. The highest BCUT2D eigenvalue weighted by Crippen LogP contribution is 2.45. The molecule has 1 aliphatic rings. The van der Waals surface area contributed by atoms with Crippen LogP contribution < -0.4 is 23.6 Å². The van der Waals surface area contributed by atoms with Gasteiger partial charge in [0, 0.05) is 31.9 Å². The predicted molar refractivity (Wildman–Crippen MR) is 100 cm³/mol. The van der Waals surface area contributed by atoms with Crippen molar-refractivity contribution in [2.24, 2.45) is 10.2 Å². The number of rotatable bonds is 7. The SMILES string of the molecule is CCN(CC)c1ccc(N=NC2c3ccccc3[N+](C)(O[Cl+3]([O-])([O-])[O-])N2C)cc1. The van der Waals surface area contributed by atoms with Crippen LogP contribution >= 0.6 is 0 Å². The van der Waals surface area contributed by atoms with Crippen molar-refractivity contribution < 1.29 is 28.6 Å². The Hall–Kier alpha value is -2.11. The van der Waals surface area contributed by atoms with E-state index in [0.717, 1.165) is 18.8 Å². The number of anilines is 1. The molecule has 0 radical (unpaired) electrons. The Kier molecular flexibility index (Phi) is 6.20. The second kappa shape index (κ2) is 8.33. The maximum absolute atomic E-state index is 11.3. The molecule has 0 saturated carbocycles. The minimum absolute atomic E-state index is 0.503. The van der Waals surface area contributed by atoms with Gasteiger partial charge in [-0.15, -0.1) is 0 Å². The first kappa shape index (κ1) is 21.6. The summed E-state index contributed by atoms with van der Waals surface area (Å²) in [5.41, 5.74) is 2.99. The number of hydrogen-bond donors (Lipinski definition) is 0. The molecule has 10 heteroatoms. The number of nitrogens with zero attached hydrogens (tertiary/aromatic N) is 5. The highest BCUT2D eigenvalue weighted by molar-refractivity contribution is 5.54. The molecular formula is C19H25ClN5O4+. The van der Waals surface area contributed by atoms with Crippen LogP contribution in [0.15, 0.2) is 58.8 Å². The van der Waals surface area contributed by atoms with Crippen LogP contribution in [-0.2, 0) is 4.39 Å². The van der Waals surface area contributed by atoms with Crippen molar-refractivity contribution in [3.8, 4) is 0 Å². The van der Waals surface area contributed by atoms with Gasteiger partial charge >= 0.3 is 0 Å². The lowest BCUT2D eigenvalue weighted by Gasteiger charge is -2.27. The van der Waals surface area contributed by atoms with Crippen LogP contribution in [0.1, 0.15) is 25.6 Å². The minimum atomic E-state index is -4.65. The van der Waals surface area contributed by atoms with Crippen molar-refractivity contribution >= 4 is 17.1 Å². The van der Waals surface area contributed by atoms with E-state index in [1.165, 1.54) is 12.1 Å². The standard InChI is InChI=1S/C19H25ClN5O4/c1-5-24(6-2)16-13-11-15(12-14-16)21-22-19-17-9-7-8-10-18(17)25(4,23(19)3)29-20(26,27)28/h7-14,19H,5-6H2,1-4H3/q+1. The third kappa shape index (κ3) is 4.41. The second-order valence-corrected chi connectivity index (χ2v) is 7.63. The van der Waals surface area contributed by atoms with E-state index < -0.39 is 21.2 Å². The molecule has 29 heavy (non-hydrogen) atoms. The van der Waals surface area contributed by atoms with Crippen molar-refractivity contribution in [1.82, 2.24) is 9.76 Å². The summed E-state index contributed by atoms with van der Waals surface area (Å²) in [4.78, 5) is 2.23. The molecule has 156 valence electrons. The topological polar surface area (TPSA) is 110 Å². The fourth-order valence-corrected chi connectivity index (χ4v) is 3.99. The number of para-hydroxylation sites is 1. The average molecular weight is 423 g/mol. The smallest absolute Gasteiger partial charge is 0.295 e. The fourth-order valence-electron chi connectivity index (χ4n) is 3.49. The monoisotopic (exact) mass is 422 g/mol. The van der Waals surface area contributed by atoms with Crippen LogP contribution in [0.25, 0.3) is 0 Å². The van der Waals surface area contributed by atoms with Gasteiger partial charge in [0.15, 0.2) is 0 Å². The third-order valence-electron chi connectivity index (χ3n) is 5.10. The van der Waals surface area contributed by atoms with E-state index in [2.05, 4.69) is 29.0 Å². The van der Waals surface area contributed by atoms with Crippen LogP contribution in [0, 0.1) is 10.2 Å². The first-order valence-electron chi connectivity index (χ1n) is 9.27.